The molecule has 1 aliphatic rings. The fourth-order valence-corrected chi connectivity index (χ4v) is 3.18. The number of benzene rings is 2. The lowest BCUT2D eigenvalue weighted by Gasteiger charge is -2.33. The van der Waals surface area contributed by atoms with Crippen LogP contribution in [-0.4, -0.2) is 53.8 Å². The Morgan fingerprint density at radius 3 is 2.44 bits per heavy atom. The average molecular weight is 393 g/mol. The second kappa shape index (κ2) is 9.06. The number of hydrogen-bond acceptors (Lipinski definition) is 3. The summed E-state index contributed by atoms with van der Waals surface area (Å²) in [5, 5.41) is 9.63. The first-order chi connectivity index (χ1) is 13.0. The van der Waals surface area contributed by atoms with Crippen LogP contribution in [0.1, 0.15) is 11.1 Å². The van der Waals surface area contributed by atoms with E-state index in [0.29, 0.717) is 62.1 Å². The maximum absolute atomic E-state index is 14.4. The Hall–Kier alpha value is -2.31. The zero-order valence-corrected chi connectivity index (χ0v) is 15.7. The summed E-state index contributed by atoms with van der Waals surface area (Å²) in [5.41, 5.74) is 1.50. The maximum atomic E-state index is 14.4. The van der Waals surface area contributed by atoms with E-state index in [1.165, 1.54) is 4.90 Å². The van der Waals surface area contributed by atoms with Crippen molar-refractivity contribution >= 4 is 17.7 Å². The van der Waals surface area contributed by atoms with Gasteiger partial charge in [-0.2, -0.15) is 0 Å². The predicted molar refractivity (Wildman–Crippen MR) is 102 cm³/mol. The Morgan fingerprint density at radius 1 is 1.11 bits per heavy atom. The molecule has 0 aliphatic carbocycles. The van der Waals surface area contributed by atoms with Gasteiger partial charge in [0.2, 0.25) is 0 Å². The molecule has 1 amide bonds. The van der Waals surface area contributed by atoms with Crippen LogP contribution in [-0.2, 0) is 13.0 Å². The Balaban J connectivity index is 1.48. The highest BCUT2D eigenvalue weighted by atomic mass is 35.5. The summed E-state index contributed by atoms with van der Waals surface area (Å²) in [6.45, 7) is 3.28. The van der Waals surface area contributed by atoms with E-state index in [-0.39, 0.29) is 5.82 Å². The summed E-state index contributed by atoms with van der Waals surface area (Å²) in [5.74, 6) is 0.466. The van der Waals surface area contributed by atoms with Gasteiger partial charge >= 0.3 is 6.09 Å². The zero-order valence-electron chi connectivity index (χ0n) is 14.9. The van der Waals surface area contributed by atoms with Crippen LogP contribution in [0.4, 0.5) is 9.18 Å². The summed E-state index contributed by atoms with van der Waals surface area (Å²) in [7, 11) is 0. The predicted octanol–water partition coefficient (Wildman–Crippen LogP) is 3.90. The van der Waals surface area contributed by atoms with E-state index in [9.17, 15) is 9.18 Å². The van der Waals surface area contributed by atoms with E-state index in [1.807, 2.05) is 6.07 Å². The largest absolute Gasteiger partial charge is 0.493 e. The van der Waals surface area contributed by atoms with Gasteiger partial charge < -0.3 is 14.7 Å². The molecule has 2 aromatic rings. The third-order valence-electron chi connectivity index (χ3n) is 4.62. The molecule has 5 nitrogen and oxygen atoms in total. The highest BCUT2D eigenvalue weighted by Crippen LogP contribution is 2.17. The zero-order chi connectivity index (χ0) is 19.2. The first kappa shape index (κ1) is 19.5. The molecule has 0 bridgehead atoms. The van der Waals surface area contributed by atoms with Gasteiger partial charge in [0.15, 0.2) is 0 Å². The van der Waals surface area contributed by atoms with Crippen molar-refractivity contribution in [1.29, 1.82) is 0 Å². The summed E-state index contributed by atoms with van der Waals surface area (Å²) >= 11 is 5.83. The van der Waals surface area contributed by atoms with E-state index >= 15 is 0 Å². The molecular weight excluding hydrogens is 371 g/mol. The number of hydrogen-bond donors (Lipinski definition) is 1. The lowest BCUT2D eigenvalue weighted by atomic mass is 10.1. The number of amides is 1. The topological polar surface area (TPSA) is 53.0 Å². The molecule has 0 atom stereocenters. The number of nitrogens with zero attached hydrogens (tertiary/aromatic N) is 2. The number of ether oxygens (including phenoxy) is 1. The Bertz CT molecular complexity index is 777. The molecule has 0 saturated carbocycles. The molecular formula is C20H22ClFN2O3. The molecule has 2 aromatic carbocycles. The van der Waals surface area contributed by atoms with Crippen LogP contribution in [0.15, 0.2) is 42.5 Å². The molecule has 1 N–H and O–H groups in total. The minimum absolute atomic E-state index is 0.239. The standard InChI is InChI=1S/C20H22ClFN2O3/c21-17-3-5-18(6-4-17)27-12-7-16-2-1-15(13-19(16)22)14-23-8-10-24(11-9-23)20(25)26/h1-6,13H,7-12,14H2,(H,25,26). The second-order valence-electron chi connectivity index (χ2n) is 6.52. The SMILES string of the molecule is O=C(O)N1CCN(Cc2ccc(CCOc3ccc(Cl)cc3)c(F)c2)CC1. The fraction of sp³-hybridized carbons (Fsp3) is 0.350. The monoisotopic (exact) mass is 392 g/mol. The van der Waals surface area contributed by atoms with Gasteiger partial charge in [0, 0.05) is 44.2 Å². The van der Waals surface area contributed by atoms with Crippen molar-refractivity contribution < 1.29 is 19.0 Å². The number of carbonyl (C=O) groups is 1. The Kier molecular flexibility index (Phi) is 6.53. The molecule has 27 heavy (non-hydrogen) atoms. The van der Waals surface area contributed by atoms with E-state index in [1.54, 1.807) is 36.4 Å². The van der Waals surface area contributed by atoms with Crippen molar-refractivity contribution in [2.75, 3.05) is 32.8 Å². The minimum Gasteiger partial charge on any atom is -0.493 e. The molecule has 0 aromatic heterocycles. The third-order valence-corrected chi connectivity index (χ3v) is 4.87. The van der Waals surface area contributed by atoms with Gasteiger partial charge in [-0.15, -0.1) is 0 Å². The van der Waals surface area contributed by atoms with Crippen molar-refractivity contribution in [3.63, 3.8) is 0 Å². The van der Waals surface area contributed by atoms with Gasteiger partial charge in [0.25, 0.3) is 0 Å². The molecule has 0 unspecified atom stereocenters. The van der Waals surface area contributed by atoms with Crippen LogP contribution < -0.4 is 4.74 Å². The molecule has 1 fully saturated rings. The van der Waals surface area contributed by atoms with Crippen molar-refractivity contribution in [1.82, 2.24) is 9.80 Å². The number of rotatable bonds is 6. The number of carboxylic acid groups (broad SMARTS) is 1. The molecule has 1 aliphatic heterocycles. The first-order valence-corrected chi connectivity index (χ1v) is 9.25. The van der Waals surface area contributed by atoms with Crippen LogP contribution >= 0.6 is 11.6 Å². The van der Waals surface area contributed by atoms with Crippen molar-refractivity contribution in [3.05, 3.63) is 64.4 Å². The van der Waals surface area contributed by atoms with Gasteiger partial charge in [-0.3, -0.25) is 4.90 Å². The summed E-state index contributed by atoms with van der Waals surface area (Å²) in [6, 6.07) is 12.3. The lowest BCUT2D eigenvalue weighted by Crippen LogP contribution is -2.47. The average Bonchev–Trinajstić information content (AvgIpc) is 2.65. The van der Waals surface area contributed by atoms with Gasteiger partial charge in [0.1, 0.15) is 11.6 Å². The molecule has 144 valence electrons. The van der Waals surface area contributed by atoms with E-state index in [2.05, 4.69) is 4.90 Å². The minimum atomic E-state index is -0.883. The highest BCUT2D eigenvalue weighted by molar-refractivity contribution is 6.30. The van der Waals surface area contributed by atoms with Gasteiger partial charge in [-0.25, -0.2) is 9.18 Å². The van der Waals surface area contributed by atoms with Crippen LogP contribution in [0.3, 0.4) is 0 Å². The molecule has 3 rings (SSSR count). The van der Waals surface area contributed by atoms with Crippen molar-refractivity contribution in [3.8, 4) is 5.75 Å². The molecule has 1 saturated heterocycles. The quantitative estimate of drug-likeness (QED) is 0.810. The highest BCUT2D eigenvalue weighted by Gasteiger charge is 2.20. The van der Waals surface area contributed by atoms with Gasteiger partial charge in [-0.1, -0.05) is 23.7 Å². The van der Waals surface area contributed by atoms with Crippen molar-refractivity contribution in [2.45, 2.75) is 13.0 Å². The van der Waals surface area contributed by atoms with Crippen LogP contribution in [0.5, 0.6) is 5.75 Å². The van der Waals surface area contributed by atoms with Gasteiger partial charge in [-0.05, 0) is 41.5 Å². The second-order valence-corrected chi connectivity index (χ2v) is 6.96. The third kappa shape index (κ3) is 5.58. The van der Waals surface area contributed by atoms with E-state index in [4.69, 9.17) is 21.4 Å². The number of piperazine rings is 1. The van der Waals surface area contributed by atoms with Crippen LogP contribution in [0.25, 0.3) is 0 Å². The molecule has 7 heteroatoms. The van der Waals surface area contributed by atoms with E-state index < -0.39 is 6.09 Å². The van der Waals surface area contributed by atoms with E-state index in [0.717, 1.165) is 5.56 Å². The lowest BCUT2D eigenvalue weighted by molar-refractivity contribution is 0.103. The summed E-state index contributed by atoms with van der Waals surface area (Å²) in [4.78, 5) is 14.5. The maximum Gasteiger partial charge on any atom is 0.407 e. The van der Waals surface area contributed by atoms with Crippen molar-refractivity contribution in [2.24, 2.45) is 0 Å². The molecule has 1 heterocycles. The normalized spacial score (nSPS) is 15.0. The van der Waals surface area contributed by atoms with Crippen LogP contribution in [0.2, 0.25) is 5.02 Å². The van der Waals surface area contributed by atoms with Crippen LogP contribution in [0, 0.1) is 5.82 Å². The fourth-order valence-electron chi connectivity index (χ4n) is 3.06. The first-order valence-electron chi connectivity index (χ1n) is 8.87. The van der Waals surface area contributed by atoms with Gasteiger partial charge in [0.05, 0.1) is 6.61 Å². The Labute approximate surface area is 162 Å². The number of halogens is 2. The smallest absolute Gasteiger partial charge is 0.407 e. The Morgan fingerprint density at radius 2 is 1.81 bits per heavy atom. The summed E-state index contributed by atoms with van der Waals surface area (Å²) < 4.78 is 20.0. The summed E-state index contributed by atoms with van der Waals surface area (Å²) in [6.07, 6.45) is -0.405. The molecule has 0 spiro atoms. The molecule has 0 radical (unpaired) electrons.